The summed E-state index contributed by atoms with van der Waals surface area (Å²) in [5.74, 6) is -1.29. The van der Waals surface area contributed by atoms with Crippen molar-refractivity contribution in [3.8, 4) is 0 Å². The van der Waals surface area contributed by atoms with E-state index in [4.69, 9.17) is 0 Å². The van der Waals surface area contributed by atoms with E-state index in [2.05, 4.69) is 0 Å². The summed E-state index contributed by atoms with van der Waals surface area (Å²) < 4.78 is 0. The maximum Gasteiger partial charge on any atom is 0.308 e. The zero-order valence-corrected chi connectivity index (χ0v) is 16.5. The molecule has 1 aromatic rings. The molecule has 1 saturated heterocycles. The predicted molar refractivity (Wildman–Crippen MR) is 106 cm³/mol. The molecule has 6 nitrogen and oxygen atoms in total. The molecule has 0 spiro atoms. The first kappa shape index (κ1) is 20.4. The highest BCUT2D eigenvalue weighted by Crippen LogP contribution is 2.31. The number of carboxylic acids is 1. The molecule has 1 saturated carbocycles. The topological polar surface area (TPSA) is 77.9 Å². The van der Waals surface area contributed by atoms with Crippen LogP contribution in [-0.4, -0.2) is 58.4 Å². The fourth-order valence-corrected chi connectivity index (χ4v) is 3.84. The number of aryl methyl sites for hydroxylation is 1. The molecule has 2 fully saturated rings. The monoisotopic (exact) mass is 386 g/mol. The van der Waals surface area contributed by atoms with Crippen LogP contribution in [0.15, 0.2) is 30.3 Å². The van der Waals surface area contributed by atoms with Gasteiger partial charge in [-0.25, -0.2) is 0 Å². The summed E-state index contributed by atoms with van der Waals surface area (Å²) in [7, 11) is 0. The second-order valence-corrected chi connectivity index (χ2v) is 8.10. The maximum absolute atomic E-state index is 13.0. The third kappa shape index (κ3) is 5.33. The molecule has 1 unspecified atom stereocenters. The Balaban J connectivity index is 1.47. The molecule has 0 aromatic heterocycles. The van der Waals surface area contributed by atoms with E-state index in [0.717, 1.165) is 24.8 Å². The molecule has 3 rings (SSSR count). The van der Waals surface area contributed by atoms with Crippen LogP contribution in [0, 0.1) is 11.8 Å². The lowest BCUT2D eigenvalue weighted by Gasteiger charge is -2.35. The summed E-state index contributed by atoms with van der Waals surface area (Å²) in [6.07, 6.45) is 4.50. The average molecular weight is 386 g/mol. The number of carbonyl (C=O) groups is 3. The second kappa shape index (κ2) is 9.22. The lowest BCUT2D eigenvalue weighted by molar-refractivity contribution is -0.146. The molecule has 1 aliphatic heterocycles. The number of nitrogens with zero attached hydrogens (tertiary/aromatic N) is 2. The lowest BCUT2D eigenvalue weighted by Crippen LogP contribution is -2.46. The number of likely N-dealkylation sites (tertiary alicyclic amines) is 1. The van der Waals surface area contributed by atoms with E-state index in [1.807, 2.05) is 35.2 Å². The summed E-state index contributed by atoms with van der Waals surface area (Å²) in [5.41, 5.74) is 1.16. The zero-order chi connectivity index (χ0) is 20.1. The van der Waals surface area contributed by atoms with Gasteiger partial charge in [0.25, 0.3) is 0 Å². The van der Waals surface area contributed by atoms with Gasteiger partial charge in [0.05, 0.1) is 5.92 Å². The molecule has 2 amide bonds. The van der Waals surface area contributed by atoms with Crippen molar-refractivity contribution in [2.45, 2.75) is 51.5 Å². The highest BCUT2D eigenvalue weighted by atomic mass is 16.4. The van der Waals surface area contributed by atoms with Gasteiger partial charge in [-0.05, 0) is 37.7 Å². The summed E-state index contributed by atoms with van der Waals surface area (Å²) in [4.78, 5) is 40.3. The summed E-state index contributed by atoms with van der Waals surface area (Å²) >= 11 is 0. The van der Waals surface area contributed by atoms with Gasteiger partial charge in [-0.15, -0.1) is 0 Å². The van der Waals surface area contributed by atoms with Gasteiger partial charge in [0.15, 0.2) is 0 Å². The first-order chi connectivity index (χ1) is 13.5. The molecular weight excluding hydrogens is 356 g/mol. The molecule has 152 valence electrons. The number of carboxylic acid groups (broad SMARTS) is 1. The fraction of sp³-hybridized carbons (Fsp3) is 0.591. The summed E-state index contributed by atoms with van der Waals surface area (Å²) in [6.45, 7) is 3.15. The van der Waals surface area contributed by atoms with E-state index in [9.17, 15) is 19.5 Å². The van der Waals surface area contributed by atoms with Crippen LogP contribution in [0.5, 0.6) is 0 Å². The molecule has 1 aliphatic carbocycles. The van der Waals surface area contributed by atoms with Gasteiger partial charge >= 0.3 is 5.97 Å². The number of rotatable bonds is 8. The van der Waals surface area contributed by atoms with Crippen LogP contribution in [0.1, 0.15) is 44.6 Å². The summed E-state index contributed by atoms with van der Waals surface area (Å²) in [6, 6.07) is 10.2. The molecule has 1 heterocycles. The molecule has 6 heteroatoms. The molecule has 28 heavy (non-hydrogen) atoms. The van der Waals surface area contributed by atoms with Crippen LogP contribution >= 0.6 is 0 Å². The Morgan fingerprint density at radius 2 is 1.75 bits per heavy atom. The Kier molecular flexibility index (Phi) is 6.70. The number of hydrogen-bond donors (Lipinski definition) is 1. The minimum atomic E-state index is -0.864. The van der Waals surface area contributed by atoms with Gasteiger partial charge in [0.1, 0.15) is 0 Å². The van der Waals surface area contributed by atoms with Gasteiger partial charge in [0.2, 0.25) is 11.8 Å². The largest absolute Gasteiger partial charge is 0.481 e. The standard InChI is InChI=1S/C22H30N2O4/c1-16(22(27)28)15-24(19-8-9-19)21(26)18-11-13-23(14-12-18)20(25)10-7-17-5-3-2-4-6-17/h2-6,16,18-19H,7-15H2,1H3,(H,27,28). The normalized spacial score (nSPS) is 18.5. The van der Waals surface area contributed by atoms with E-state index < -0.39 is 11.9 Å². The van der Waals surface area contributed by atoms with Crippen molar-refractivity contribution in [2.75, 3.05) is 19.6 Å². The average Bonchev–Trinajstić information content (AvgIpc) is 3.55. The lowest BCUT2D eigenvalue weighted by atomic mass is 9.94. The first-order valence-corrected chi connectivity index (χ1v) is 10.3. The van der Waals surface area contributed by atoms with Crippen LogP contribution in [0.3, 0.4) is 0 Å². The smallest absolute Gasteiger partial charge is 0.308 e. The SMILES string of the molecule is CC(CN(C(=O)C1CCN(C(=O)CCc2ccccc2)CC1)C1CC1)C(=O)O. The van der Waals surface area contributed by atoms with E-state index in [1.165, 1.54) is 0 Å². The number of hydrogen-bond acceptors (Lipinski definition) is 3. The van der Waals surface area contributed by atoms with Gasteiger partial charge in [-0.1, -0.05) is 37.3 Å². The Labute approximate surface area is 166 Å². The van der Waals surface area contributed by atoms with Gasteiger partial charge < -0.3 is 14.9 Å². The van der Waals surface area contributed by atoms with Crippen molar-refractivity contribution in [1.82, 2.24) is 9.80 Å². The van der Waals surface area contributed by atoms with Crippen molar-refractivity contribution in [3.05, 3.63) is 35.9 Å². The maximum atomic E-state index is 13.0. The van der Waals surface area contributed by atoms with Gasteiger partial charge in [-0.2, -0.15) is 0 Å². The molecule has 2 aliphatic rings. The van der Waals surface area contributed by atoms with Crippen molar-refractivity contribution in [3.63, 3.8) is 0 Å². The first-order valence-electron chi connectivity index (χ1n) is 10.3. The van der Waals surface area contributed by atoms with Gasteiger partial charge in [-0.3, -0.25) is 14.4 Å². The number of benzene rings is 1. The van der Waals surface area contributed by atoms with Crippen LogP contribution in [0.25, 0.3) is 0 Å². The van der Waals surface area contributed by atoms with E-state index in [1.54, 1.807) is 11.8 Å². The molecule has 1 aromatic carbocycles. The quantitative estimate of drug-likeness (QED) is 0.745. The van der Waals surface area contributed by atoms with Crippen molar-refractivity contribution in [2.24, 2.45) is 11.8 Å². The zero-order valence-electron chi connectivity index (χ0n) is 16.5. The van der Waals surface area contributed by atoms with Crippen molar-refractivity contribution >= 4 is 17.8 Å². The number of amides is 2. The third-order valence-corrected chi connectivity index (χ3v) is 5.83. The molecule has 0 radical (unpaired) electrons. The third-order valence-electron chi connectivity index (χ3n) is 5.83. The van der Waals surface area contributed by atoms with Crippen LogP contribution in [0.4, 0.5) is 0 Å². The van der Waals surface area contributed by atoms with Crippen LogP contribution in [0.2, 0.25) is 0 Å². The van der Waals surface area contributed by atoms with Crippen molar-refractivity contribution in [1.29, 1.82) is 0 Å². The highest BCUT2D eigenvalue weighted by Gasteiger charge is 2.38. The minimum absolute atomic E-state index is 0.0759. The Hall–Kier alpha value is -2.37. The van der Waals surface area contributed by atoms with E-state index in [-0.39, 0.29) is 30.3 Å². The van der Waals surface area contributed by atoms with E-state index >= 15 is 0 Å². The highest BCUT2D eigenvalue weighted by molar-refractivity contribution is 5.81. The Morgan fingerprint density at radius 1 is 1.11 bits per heavy atom. The molecule has 1 N–H and O–H groups in total. The van der Waals surface area contributed by atoms with Gasteiger partial charge in [0, 0.05) is 38.0 Å². The Morgan fingerprint density at radius 3 is 2.32 bits per heavy atom. The summed E-state index contributed by atoms with van der Waals surface area (Å²) in [5, 5.41) is 9.17. The van der Waals surface area contributed by atoms with Crippen molar-refractivity contribution < 1.29 is 19.5 Å². The Bertz CT molecular complexity index is 694. The molecule has 1 atom stereocenters. The minimum Gasteiger partial charge on any atom is -0.481 e. The number of carbonyl (C=O) groups excluding carboxylic acids is 2. The predicted octanol–water partition coefficient (Wildman–Crippen LogP) is 2.57. The fourth-order valence-electron chi connectivity index (χ4n) is 3.84. The van der Waals surface area contributed by atoms with E-state index in [0.29, 0.717) is 32.4 Å². The number of piperidine rings is 1. The van der Waals surface area contributed by atoms with Crippen LogP contribution in [-0.2, 0) is 20.8 Å². The molecule has 0 bridgehead atoms. The second-order valence-electron chi connectivity index (χ2n) is 8.10. The van der Waals surface area contributed by atoms with Crippen LogP contribution < -0.4 is 0 Å². The number of aliphatic carboxylic acids is 1. The molecular formula is C22H30N2O4.